The molecule has 0 unspecified atom stereocenters. The van der Waals surface area contributed by atoms with Crippen molar-refractivity contribution in [2.75, 3.05) is 26.2 Å². The van der Waals surface area contributed by atoms with Gasteiger partial charge in [0.25, 0.3) is 0 Å². The fourth-order valence-electron chi connectivity index (χ4n) is 3.27. The molecule has 0 spiro atoms. The lowest BCUT2D eigenvalue weighted by molar-refractivity contribution is -0.144. The number of carboxylic acid groups (broad SMARTS) is 1. The van der Waals surface area contributed by atoms with Crippen LogP contribution in [0.25, 0.3) is 0 Å². The first kappa shape index (κ1) is 17.6. The van der Waals surface area contributed by atoms with Gasteiger partial charge in [-0.05, 0) is 18.6 Å². The van der Waals surface area contributed by atoms with Crippen molar-refractivity contribution in [3.63, 3.8) is 0 Å². The highest BCUT2D eigenvalue weighted by Crippen LogP contribution is 2.26. The number of carboxylic acids is 1. The predicted molar refractivity (Wildman–Crippen MR) is 91.6 cm³/mol. The van der Waals surface area contributed by atoms with Gasteiger partial charge < -0.3 is 9.67 Å². The van der Waals surface area contributed by atoms with Gasteiger partial charge in [-0.3, -0.25) is 14.6 Å². The molecule has 0 bridgehead atoms. The molecule has 1 aliphatic heterocycles. The molecule has 1 atom stereocenters. The maximum Gasteiger partial charge on any atom is 0.325 e. The number of hydrogen-bond donors (Lipinski definition) is 1. The van der Waals surface area contributed by atoms with Crippen molar-refractivity contribution in [1.29, 1.82) is 0 Å². The Kier molecular flexibility index (Phi) is 5.15. The van der Waals surface area contributed by atoms with Crippen LogP contribution in [0.4, 0.5) is 4.39 Å². The standard InChI is InChI=1S/C18H23FN4O2/c1-13-3-4-14(15(19)11-13)17(18(24)25)23-9-7-22(8-10-23)12-16-20-5-6-21(16)2/h3-6,11,17H,7-10,12H2,1-2H3,(H,24,25)/t17-/m1/s1. The molecule has 1 aromatic carbocycles. The summed E-state index contributed by atoms with van der Waals surface area (Å²) in [6.07, 6.45) is 3.68. The fraction of sp³-hybridized carbons (Fsp3) is 0.444. The van der Waals surface area contributed by atoms with Crippen LogP contribution < -0.4 is 0 Å². The summed E-state index contributed by atoms with van der Waals surface area (Å²) in [5.41, 5.74) is 1.01. The maximum atomic E-state index is 14.3. The van der Waals surface area contributed by atoms with E-state index in [9.17, 15) is 14.3 Å². The second-order valence-electron chi connectivity index (χ2n) is 6.53. The summed E-state index contributed by atoms with van der Waals surface area (Å²) < 4.78 is 16.3. The minimum Gasteiger partial charge on any atom is -0.480 e. The molecule has 1 aromatic heterocycles. The average Bonchev–Trinajstić information content (AvgIpc) is 2.96. The fourth-order valence-corrected chi connectivity index (χ4v) is 3.27. The molecule has 2 aromatic rings. The number of halogens is 1. The van der Waals surface area contributed by atoms with E-state index in [0.717, 1.165) is 31.0 Å². The third kappa shape index (κ3) is 3.88. The van der Waals surface area contributed by atoms with Crippen LogP contribution in [0.1, 0.15) is 23.0 Å². The van der Waals surface area contributed by atoms with Gasteiger partial charge in [-0.15, -0.1) is 0 Å². The van der Waals surface area contributed by atoms with Crippen molar-refractivity contribution in [3.05, 3.63) is 53.4 Å². The molecule has 1 aliphatic rings. The highest BCUT2D eigenvalue weighted by molar-refractivity contribution is 5.75. The van der Waals surface area contributed by atoms with E-state index < -0.39 is 17.8 Å². The summed E-state index contributed by atoms with van der Waals surface area (Å²) in [5, 5.41) is 9.65. The Morgan fingerprint density at radius 2 is 2.04 bits per heavy atom. The first-order valence-electron chi connectivity index (χ1n) is 8.37. The monoisotopic (exact) mass is 346 g/mol. The Morgan fingerprint density at radius 3 is 2.60 bits per heavy atom. The quantitative estimate of drug-likeness (QED) is 0.895. The van der Waals surface area contributed by atoms with Crippen LogP contribution in [0, 0.1) is 12.7 Å². The number of nitrogens with zero attached hydrogens (tertiary/aromatic N) is 4. The molecular weight excluding hydrogens is 323 g/mol. The van der Waals surface area contributed by atoms with Crippen LogP contribution in [0.15, 0.2) is 30.6 Å². The minimum atomic E-state index is -1.01. The van der Waals surface area contributed by atoms with Gasteiger partial charge in [-0.1, -0.05) is 12.1 Å². The normalized spacial score (nSPS) is 17.6. The van der Waals surface area contributed by atoms with Gasteiger partial charge in [0.15, 0.2) is 0 Å². The van der Waals surface area contributed by atoms with Crippen LogP contribution in [0.3, 0.4) is 0 Å². The van der Waals surface area contributed by atoms with E-state index in [1.165, 1.54) is 6.07 Å². The van der Waals surface area contributed by atoms with Crippen molar-refractivity contribution in [2.24, 2.45) is 7.05 Å². The first-order chi connectivity index (χ1) is 12.0. The van der Waals surface area contributed by atoms with Crippen LogP contribution in [-0.2, 0) is 18.4 Å². The Bertz CT molecular complexity index is 753. The molecule has 3 rings (SSSR count). The van der Waals surface area contributed by atoms with E-state index in [2.05, 4.69) is 9.88 Å². The molecular formula is C18H23FN4O2. The third-order valence-corrected chi connectivity index (χ3v) is 4.74. The smallest absolute Gasteiger partial charge is 0.325 e. The van der Waals surface area contributed by atoms with Crippen molar-refractivity contribution in [1.82, 2.24) is 19.4 Å². The Morgan fingerprint density at radius 1 is 1.32 bits per heavy atom. The number of aryl methyl sites for hydroxylation is 2. The first-order valence-corrected chi connectivity index (χ1v) is 8.37. The van der Waals surface area contributed by atoms with Gasteiger partial charge in [0.2, 0.25) is 0 Å². The number of benzene rings is 1. The molecule has 1 N–H and O–H groups in total. The molecule has 0 radical (unpaired) electrons. The number of hydrogen-bond acceptors (Lipinski definition) is 4. The molecule has 2 heterocycles. The van der Waals surface area contributed by atoms with Crippen molar-refractivity contribution >= 4 is 5.97 Å². The van der Waals surface area contributed by atoms with E-state index in [-0.39, 0.29) is 5.56 Å². The summed E-state index contributed by atoms with van der Waals surface area (Å²) in [6, 6.07) is 3.79. The van der Waals surface area contributed by atoms with E-state index >= 15 is 0 Å². The molecule has 7 heteroatoms. The largest absolute Gasteiger partial charge is 0.480 e. The van der Waals surface area contributed by atoms with Crippen LogP contribution in [-0.4, -0.2) is 56.6 Å². The summed E-state index contributed by atoms with van der Waals surface area (Å²) in [7, 11) is 1.96. The second kappa shape index (κ2) is 7.33. The van der Waals surface area contributed by atoms with E-state index in [1.807, 2.05) is 22.7 Å². The highest BCUT2D eigenvalue weighted by atomic mass is 19.1. The number of rotatable bonds is 5. The number of piperazine rings is 1. The number of aromatic nitrogens is 2. The summed E-state index contributed by atoms with van der Waals surface area (Å²) in [4.78, 5) is 20.2. The maximum absolute atomic E-state index is 14.3. The topological polar surface area (TPSA) is 61.6 Å². The Balaban J connectivity index is 1.69. The second-order valence-corrected chi connectivity index (χ2v) is 6.53. The van der Waals surface area contributed by atoms with E-state index in [4.69, 9.17) is 0 Å². The van der Waals surface area contributed by atoms with Crippen LogP contribution in [0.2, 0.25) is 0 Å². The molecule has 1 saturated heterocycles. The lowest BCUT2D eigenvalue weighted by Gasteiger charge is -2.37. The average molecular weight is 346 g/mol. The predicted octanol–water partition coefficient (Wildman–Crippen LogP) is 1.81. The summed E-state index contributed by atoms with van der Waals surface area (Å²) in [6.45, 7) is 5.13. The molecule has 134 valence electrons. The molecule has 0 saturated carbocycles. The van der Waals surface area contributed by atoms with E-state index in [1.54, 1.807) is 25.3 Å². The Hall–Kier alpha value is -2.25. The van der Waals surface area contributed by atoms with Gasteiger partial charge in [0.05, 0.1) is 6.54 Å². The van der Waals surface area contributed by atoms with Crippen molar-refractivity contribution in [2.45, 2.75) is 19.5 Å². The zero-order valence-electron chi connectivity index (χ0n) is 14.5. The van der Waals surface area contributed by atoms with Gasteiger partial charge >= 0.3 is 5.97 Å². The van der Waals surface area contributed by atoms with Crippen LogP contribution in [0.5, 0.6) is 0 Å². The van der Waals surface area contributed by atoms with Crippen molar-refractivity contribution in [3.8, 4) is 0 Å². The zero-order valence-corrected chi connectivity index (χ0v) is 14.5. The highest BCUT2D eigenvalue weighted by Gasteiger charge is 2.32. The number of carbonyl (C=O) groups is 1. The summed E-state index contributed by atoms with van der Waals surface area (Å²) >= 11 is 0. The van der Waals surface area contributed by atoms with Crippen LogP contribution >= 0.6 is 0 Å². The van der Waals surface area contributed by atoms with Gasteiger partial charge in [0, 0.05) is 51.2 Å². The SMILES string of the molecule is Cc1ccc([C@H](C(=O)O)N2CCN(Cc3nccn3C)CC2)c(F)c1. The lowest BCUT2D eigenvalue weighted by atomic mass is 10.0. The molecule has 25 heavy (non-hydrogen) atoms. The third-order valence-electron chi connectivity index (χ3n) is 4.74. The van der Waals surface area contributed by atoms with Gasteiger partial charge in [-0.25, -0.2) is 9.37 Å². The van der Waals surface area contributed by atoms with Crippen molar-refractivity contribution < 1.29 is 14.3 Å². The number of imidazole rings is 1. The molecule has 1 fully saturated rings. The van der Waals surface area contributed by atoms with Gasteiger partial charge in [0.1, 0.15) is 17.7 Å². The molecule has 0 aliphatic carbocycles. The lowest BCUT2D eigenvalue weighted by Crippen LogP contribution is -2.49. The molecule has 0 amide bonds. The Labute approximate surface area is 146 Å². The molecule has 6 nitrogen and oxygen atoms in total. The van der Waals surface area contributed by atoms with Gasteiger partial charge in [-0.2, -0.15) is 0 Å². The van der Waals surface area contributed by atoms with E-state index in [0.29, 0.717) is 13.1 Å². The zero-order chi connectivity index (χ0) is 18.0. The minimum absolute atomic E-state index is 0.232. The summed E-state index contributed by atoms with van der Waals surface area (Å²) in [5.74, 6) is -0.490. The number of aliphatic carboxylic acids is 1.